The Kier molecular flexibility index (Phi) is 5.16. The van der Waals surface area contributed by atoms with Crippen molar-refractivity contribution in [3.05, 3.63) is 29.8 Å². The van der Waals surface area contributed by atoms with Crippen LogP contribution in [0.4, 0.5) is 0 Å². The minimum absolute atomic E-state index is 0.275. The van der Waals surface area contributed by atoms with Gasteiger partial charge in [-0.1, -0.05) is 12.1 Å². The molecule has 142 valence electrons. The van der Waals surface area contributed by atoms with Gasteiger partial charge in [-0.3, -0.25) is 14.6 Å². The molecule has 0 spiro atoms. The number of benzene rings is 1. The van der Waals surface area contributed by atoms with Crippen molar-refractivity contribution in [1.29, 1.82) is 0 Å². The second-order valence-corrected chi connectivity index (χ2v) is 7.77. The Hall–Kier alpha value is -1.63. The molecule has 0 radical (unpaired) electrons. The number of nitrogens with zero attached hydrogens (tertiary/aromatic N) is 3. The van der Waals surface area contributed by atoms with Gasteiger partial charge in [0.25, 0.3) is 0 Å². The molecule has 3 heterocycles. The maximum atomic E-state index is 12.8. The van der Waals surface area contributed by atoms with Gasteiger partial charge in [-0.15, -0.1) is 0 Å². The summed E-state index contributed by atoms with van der Waals surface area (Å²) in [5.74, 6) is 2.25. The van der Waals surface area contributed by atoms with Crippen LogP contribution in [0.3, 0.4) is 0 Å². The number of carbonyl (C=O) groups is 1. The topological polar surface area (TPSA) is 45.3 Å². The van der Waals surface area contributed by atoms with Crippen molar-refractivity contribution in [1.82, 2.24) is 14.7 Å². The fraction of sp³-hybridized carbons (Fsp3) is 0.650. The van der Waals surface area contributed by atoms with Gasteiger partial charge >= 0.3 is 0 Å². The highest BCUT2D eigenvalue weighted by Gasteiger charge is 2.47. The van der Waals surface area contributed by atoms with E-state index in [2.05, 4.69) is 33.9 Å². The van der Waals surface area contributed by atoms with Crippen LogP contribution in [0.25, 0.3) is 0 Å². The molecule has 0 bridgehead atoms. The Balaban J connectivity index is 1.41. The number of carbonyl (C=O) groups excluding carboxylic acids is 1. The van der Waals surface area contributed by atoms with Crippen LogP contribution in [-0.2, 0) is 9.53 Å². The molecule has 1 aromatic rings. The maximum absolute atomic E-state index is 12.8. The van der Waals surface area contributed by atoms with Gasteiger partial charge in [0.05, 0.1) is 26.9 Å². The van der Waals surface area contributed by atoms with Crippen LogP contribution in [0.2, 0.25) is 0 Å². The monoisotopic (exact) mass is 359 g/mol. The van der Waals surface area contributed by atoms with Crippen LogP contribution in [0.5, 0.6) is 5.75 Å². The van der Waals surface area contributed by atoms with E-state index in [1.165, 1.54) is 5.56 Å². The molecule has 0 N–H and O–H groups in total. The van der Waals surface area contributed by atoms with Gasteiger partial charge < -0.3 is 14.4 Å². The van der Waals surface area contributed by atoms with Gasteiger partial charge in [0.2, 0.25) is 5.91 Å². The van der Waals surface area contributed by atoms with Crippen molar-refractivity contribution in [3.8, 4) is 5.75 Å². The Morgan fingerprint density at radius 2 is 1.88 bits per heavy atom. The minimum Gasteiger partial charge on any atom is -0.497 e. The number of fused-ring (bicyclic) bond motifs is 1. The first-order valence-corrected chi connectivity index (χ1v) is 9.58. The van der Waals surface area contributed by atoms with Crippen molar-refractivity contribution in [2.45, 2.75) is 6.04 Å². The normalized spacial score (nSPS) is 29.8. The molecule has 4 rings (SSSR count). The lowest BCUT2D eigenvalue weighted by molar-refractivity contribution is -0.132. The number of methoxy groups -OCH3 is 1. The zero-order chi connectivity index (χ0) is 18.1. The van der Waals surface area contributed by atoms with Gasteiger partial charge in [-0.05, 0) is 30.7 Å². The van der Waals surface area contributed by atoms with Crippen molar-refractivity contribution in [2.75, 3.05) is 66.6 Å². The molecule has 3 aliphatic rings. The van der Waals surface area contributed by atoms with Gasteiger partial charge in [0.15, 0.2) is 0 Å². The maximum Gasteiger partial charge on any atom is 0.236 e. The highest BCUT2D eigenvalue weighted by atomic mass is 16.5. The molecule has 0 saturated carbocycles. The highest BCUT2D eigenvalue weighted by molar-refractivity contribution is 5.78. The smallest absolute Gasteiger partial charge is 0.236 e. The van der Waals surface area contributed by atoms with Crippen molar-refractivity contribution in [3.63, 3.8) is 0 Å². The Labute approximate surface area is 155 Å². The van der Waals surface area contributed by atoms with Gasteiger partial charge in [-0.25, -0.2) is 0 Å². The van der Waals surface area contributed by atoms with Crippen molar-refractivity contribution in [2.24, 2.45) is 11.8 Å². The predicted octanol–water partition coefficient (Wildman–Crippen LogP) is 1.09. The molecule has 1 amide bonds. The van der Waals surface area contributed by atoms with Crippen LogP contribution in [0, 0.1) is 11.8 Å². The fourth-order valence-corrected chi connectivity index (χ4v) is 4.81. The summed E-state index contributed by atoms with van der Waals surface area (Å²) < 4.78 is 10.7. The van der Waals surface area contributed by atoms with E-state index in [0.29, 0.717) is 24.4 Å². The van der Waals surface area contributed by atoms with E-state index >= 15 is 0 Å². The van der Waals surface area contributed by atoms with Crippen molar-refractivity contribution < 1.29 is 14.3 Å². The zero-order valence-electron chi connectivity index (χ0n) is 15.8. The molecular weight excluding hydrogens is 330 g/mol. The van der Waals surface area contributed by atoms with Crippen LogP contribution in [-0.4, -0.2) is 87.2 Å². The second kappa shape index (κ2) is 7.55. The molecule has 6 heteroatoms. The number of rotatable bonds is 4. The van der Waals surface area contributed by atoms with Gasteiger partial charge in [-0.2, -0.15) is 0 Å². The molecule has 26 heavy (non-hydrogen) atoms. The third-order valence-corrected chi connectivity index (χ3v) is 6.17. The molecule has 6 nitrogen and oxygen atoms in total. The second-order valence-electron chi connectivity index (χ2n) is 7.77. The van der Waals surface area contributed by atoms with Gasteiger partial charge in [0.1, 0.15) is 5.75 Å². The summed E-state index contributed by atoms with van der Waals surface area (Å²) >= 11 is 0. The average Bonchev–Trinajstić information content (AvgIpc) is 3.19. The summed E-state index contributed by atoms with van der Waals surface area (Å²) in [6.07, 6.45) is 0. The minimum atomic E-state index is 0.275. The Bertz CT molecular complexity index is 630. The lowest BCUT2D eigenvalue weighted by Crippen LogP contribution is -2.44. The summed E-state index contributed by atoms with van der Waals surface area (Å²) in [5.41, 5.74) is 1.32. The fourth-order valence-electron chi connectivity index (χ4n) is 4.81. The van der Waals surface area contributed by atoms with Crippen LogP contribution >= 0.6 is 0 Å². The summed E-state index contributed by atoms with van der Waals surface area (Å²) in [7, 11) is 3.90. The molecule has 0 aliphatic carbocycles. The third-order valence-electron chi connectivity index (χ3n) is 6.17. The standard InChI is InChI=1S/C20H29N3O3/c1-21-11-16-12-23(19(24)14-22-7-9-26-10-8-22)13-18(16)20(21)15-3-5-17(25-2)6-4-15/h3-6,16,18,20H,7-14H2,1-2H3/t16-,18+,20-/m0/s1. The van der Waals surface area contributed by atoms with E-state index in [9.17, 15) is 4.79 Å². The first-order valence-electron chi connectivity index (χ1n) is 9.58. The number of likely N-dealkylation sites (tertiary alicyclic amines) is 2. The summed E-state index contributed by atoms with van der Waals surface area (Å²) in [5, 5.41) is 0. The van der Waals surface area contributed by atoms with E-state index in [0.717, 1.165) is 51.7 Å². The third kappa shape index (κ3) is 3.46. The first-order chi connectivity index (χ1) is 12.7. The predicted molar refractivity (Wildman–Crippen MR) is 99.2 cm³/mol. The van der Waals surface area contributed by atoms with Gasteiger partial charge in [0, 0.05) is 44.7 Å². The quantitative estimate of drug-likeness (QED) is 0.805. The summed E-state index contributed by atoms with van der Waals surface area (Å²) in [4.78, 5) is 19.5. The molecular formula is C20H29N3O3. The lowest BCUT2D eigenvalue weighted by Gasteiger charge is -2.30. The molecule has 3 aliphatic heterocycles. The Morgan fingerprint density at radius 1 is 1.15 bits per heavy atom. The first kappa shape index (κ1) is 17.8. The van der Waals surface area contributed by atoms with Crippen molar-refractivity contribution >= 4 is 5.91 Å². The van der Waals surface area contributed by atoms with Crippen LogP contribution in [0.15, 0.2) is 24.3 Å². The SMILES string of the molecule is COc1ccc([C@H]2[C@@H]3CN(C(=O)CN4CCOCC4)C[C@@H]3CN2C)cc1. The molecule has 0 unspecified atom stereocenters. The highest BCUT2D eigenvalue weighted by Crippen LogP contribution is 2.44. The summed E-state index contributed by atoms with van der Waals surface area (Å²) in [6.45, 7) is 6.56. The zero-order valence-corrected chi connectivity index (χ0v) is 15.8. The van der Waals surface area contributed by atoms with E-state index in [-0.39, 0.29) is 5.91 Å². The van der Waals surface area contributed by atoms with E-state index in [1.807, 2.05) is 12.1 Å². The van der Waals surface area contributed by atoms with Crippen LogP contribution in [0.1, 0.15) is 11.6 Å². The number of hydrogen-bond donors (Lipinski definition) is 0. The molecule has 3 atom stereocenters. The van der Waals surface area contributed by atoms with E-state index in [4.69, 9.17) is 9.47 Å². The van der Waals surface area contributed by atoms with Crippen LogP contribution < -0.4 is 4.74 Å². The molecule has 1 aromatic carbocycles. The number of morpholine rings is 1. The number of amides is 1. The number of ether oxygens (including phenoxy) is 2. The number of hydrogen-bond acceptors (Lipinski definition) is 5. The molecule has 3 fully saturated rings. The summed E-state index contributed by atoms with van der Waals surface area (Å²) in [6, 6.07) is 8.79. The average molecular weight is 359 g/mol. The molecule has 0 aromatic heterocycles. The van der Waals surface area contributed by atoms with E-state index < -0.39 is 0 Å². The van der Waals surface area contributed by atoms with E-state index in [1.54, 1.807) is 7.11 Å². The largest absolute Gasteiger partial charge is 0.497 e. The lowest BCUT2D eigenvalue weighted by atomic mass is 9.89. The Morgan fingerprint density at radius 3 is 2.58 bits per heavy atom. The molecule has 3 saturated heterocycles.